The Labute approximate surface area is 137 Å². The minimum Gasteiger partial charge on any atom is -0.460 e. The standard InChI is InChI=1S/C17H28O6/c1-7(12(6)18)13(19)8(2)14(20)9(3)16-10(4)15(21)11(5)17(22)23-16/h7-13,16,18-19H,1-6H3/t7-,8-,9-,10+,11?,12-,13-,16+/m1/s1. The molecule has 6 heteroatoms. The minimum absolute atomic E-state index is 0.226. The summed E-state index contributed by atoms with van der Waals surface area (Å²) in [6.45, 7) is 9.57. The number of aliphatic hydroxyl groups is 2. The van der Waals surface area contributed by atoms with Crippen LogP contribution in [-0.2, 0) is 19.1 Å². The van der Waals surface area contributed by atoms with Gasteiger partial charge in [-0.2, -0.15) is 0 Å². The molecule has 1 unspecified atom stereocenters. The van der Waals surface area contributed by atoms with Gasteiger partial charge in [-0.25, -0.2) is 0 Å². The highest BCUT2D eigenvalue weighted by atomic mass is 16.5. The van der Waals surface area contributed by atoms with E-state index in [1.807, 2.05) is 0 Å². The van der Waals surface area contributed by atoms with E-state index in [9.17, 15) is 24.6 Å². The molecule has 1 heterocycles. The summed E-state index contributed by atoms with van der Waals surface area (Å²) in [4.78, 5) is 36.4. The maximum absolute atomic E-state index is 12.6. The highest BCUT2D eigenvalue weighted by Gasteiger charge is 2.45. The van der Waals surface area contributed by atoms with Crippen molar-refractivity contribution in [3.63, 3.8) is 0 Å². The topological polar surface area (TPSA) is 101 Å². The second-order valence-electron chi connectivity index (χ2n) is 6.88. The van der Waals surface area contributed by atoms with Crippen LogP contribution in [0.1, 0.15) is 41.5 Å². The molecule has 0 aromatic rings. The minimum atomic E-state index is -1.01. The molecule has 1 aliphatic rings. The lowest BCUT2D eigenvalue weighted by molar-refractivity contribution is -0.174. The van der Waals surface area contributed by atoms with Crippen molar-refractivity contribution in [2.24, 2.45) is 29.6 Å². The number of rotatable bonds is 6. The Kier molecular flexibility index (Phi) is 6.48. The highest BCUT2D eigenvalue weighted by Crippen LogP contribution is 2.30. The molecular formula is C17H28O6. The van der Waals surface area contributed by atoms with Gasteiger partial charge in [0.25, 0.3) is 0 Å². The maximum Gasteiger partial charge on any atom is 0.316 e. The van der Waals surface area contributed by atoms with Crippen LogP contribution >= 0.6 is 0 Å². The van der Waals surface area contributed by atoms with E-state index in [0.717, 1.165) is 0 Å². The number of hydrogen-bond donors (Lipinski definition) is 2. The Balaban J connectivity index is 2.87. The van der Waals surface area contributed by atoms with Crippen LogP contribution in [0.25, 0.3) is 0 Å². The molecule has 0 spiro atoms. The fourth-order valence-corrected chi connectivity index (χ4v) is 3.03. The molecule has 0 aromatic carbocycles. The first-order chi connectivity index (χ1) is 10.5. The van der Waals surface area contributed by atoms with Gasteiger partial charge in [0, 0.05) is 11.8 Å². The van der Waals surface area contributed by atoms with Crippen molar-refractivity contribution >= 4 is 17.5 Å². The summed E-state index contributed by atoms with van der Waals surface area (Å²) in [5.74, 6) is -4.36. The Morgan fingerprint density at radius 2 is 1.61 bits per heavy atom. The number of Topliss-reactive ketones (excluding diaryl/α,β-unsaturated/α-hetero) is 2. The number of aliphatic hydroxyl groups excluding tert-OH is 2. The molecule has 6 nitrogen and oxygen atoms in total. The Hall–Kier alpha value is -1.27. The van der Waals surface area contributed by atoms with E-state index in [1.54, 1.807) is 34.6 Å². The number of carbonyl (C=O) groups is 3. The van der Waals surface area contributed by atoms with E-state index < -0.39 is 53.9 Å². The number of esters is 1. The predicted molar refractivity (Wildman–Crippen MR) is 83.4 cm³/mol. The molecule has 1 saturated heterocycles. The third-order valence-electron chi connectivity index (χ3n) is 5.18. The smallest absolute Gasteiger partial charge is 0.316 e. The first-order valence-electron chi connectivity index (χ1n) is 8.14. The molecule has 1 aliphatic heterocycles. The fraction of sp³-hybridized carbons (Fsp3) is 0.824. The largest absolute Gasteiger partial charge is 0.460 e. The van der Waals surface area contributed by atoms with Crippen LogP contribution in [-0.4, -0.2) is 46.1 Å². The van der Waals surface area contributed by atoms with Crippen molar-refractivity contribution in [3.8, 4) is 0 Å². The van der Waals surface area contributed by atoms with Gasteiger partial charge in [-0.05, 0) is 13.8 Å². The molecule has 1 rings (SSSR count). The zero-order valence-electron chi connectivity index (χ0n) is 14.6. The molecule has 8 atom stereocenters. The van der Waals surface area contributed by atoms with Crippen LogP contribution in [0, 0.1) is 29.6 Å². The normalized spacial score (nSPS) is 31.7. The number of ketones is 2. The third-order valence-corrected chi connectivity index (χ3v) is 5.18. The number of ether oxygens (including phenoxy) is 1. The second-order valence-corrected chi connectivity index (χ2v) is 6.88. The fourth-order valence-electron chi connectivity index (χ4n) is 3.03. The Morgan fingerprint density at radius 1 is 1.09 bits per heavy atom. The summed E-state index contributed by atoms with van der Waals surface area (Å²) >= 11 is 0. The molecule has 23 heavy (non-hydrogen) atoms. The molecule has 0 amide bonds. The number of hydrogen-bond acceptors (Lipinski definition) is 6. The lowest BCUT2D eigenvalue weighted by Crippen LogP contribution is -2.50. The van der Waals surface area contributed by atoms with Crippen LogP contribution in [0.5, 0.6) is 0 Å². The predicted octanol–water partition coefficient (Wildman–Crippen LogP) is 0.972. The lowest BCUT2D eigenvalue weighted by Gasteiger charge is -2.36. The summed E-state index contributed by atoms with van der Waals surface area (Å²) in [5.41, 5.74) is 0. The zero-order valence-corrected chi connectivity index (χ0v) is 14.6. The van der Waals surface area contributed by atoms with Gasteiger partial charge in [0.05, 0.1) is 24.0 Å². The van der Waals surface area contributed by atoms with Gasteiger partial charge in [0.2, 0.25) is 0 Å². The van der Waals surface area contributed by atoms with E-state index in [2.05, 4.69) is 0 Å². The van der Waals surface area contributed by atoms with Gasteiger partial charge >= 0.3 is 5.97 Å². The highest BCUT2D eigenvalue weighted by molar-refractivity contribution is 6.02. The molecule has 1 fully saturated rings. The molecule has 0 saturated carbocycles. The van der Waals surface area contributed by atoms with Crippen molar-refractivity contribution in [1.82, 2.24) is 0 Å². The van der Waals surface area contributed by atoms with Crippen LogP contribution < -0.4 is 0 Å². The Morgan fingerprint density at radius 3 is 2.09 bits per heavy atom. The van der Waals surface area contributed by atoms with E-state index in [1.165, 1.54) is 6.92 Å². The van der Waals surface area contributed by atoms with Crippen molar-refractivity contribution in [2.75, 3.05) is 0 Å². The monoisotopic (exact) mass is 328 g/mol. The van der Waals surface area contributed by atoms with Crippen molar-refractivity contribution in [1.29, 1.82) is 0 Å². The van der Waals surface area contributed by atoms with Crippen LogP contribution in [0.15, 0.2) is 0 Å². The number of cyclic esters (lactones) is 1. The third kappa shape index (κ3) is 3.98. The first kappa shape index (κ1) is 19.8. The van der Waals surface area contributed by atoms with Crippen molar-refractivity contribution in [3.05, 3.63) is 0 Å². The summed E-state index contributed by atoms with van der Waals surface area (Å²) in [6.07, 6.45) is -2.56. The van der Waals surface area contributed by atoms with Gasteiger partial charge in [-0.15, -0.1) is 0 Å². The molecule has 0 bridgehead atoms. The van der Waals surface area contributed by atoms with Gasteiger partial charge < -0.3 is 14.9 Å². The molecule has 0 radical (unpaired) electrons. The van der Waals surface area contributed by atoms with Crippen LogP contribution in [0.3, 0.4) is 0 Å². The van der Waals surface area contributed by atoms with E-state index in [0.29, 0.717) is 0 Å². The summed E-state index contributed by atoms with van der Waals surface area (Å²) < 4.78 is 5.29. The SMILES string of the molecule is CC1C(=O)O[C@@H]([C@H](C)C(=O)[C@H](C)[C@H](O)[C@H](C)[C@@H](C)O)[C@@H](C)C1=O. The van der Waals surface area contributed by atoms with Crippen molar-refractivity contribution < 1.29 is 29.3 Å². The molecule has 0 aromatic heterocycles. The summed E-state index contributed by atoms with van der Waals surface area (Å²) in [5, 5.41) is 19.8. The number of carbonyl (C=O) groups excluding carboxylic acids is 3. The lowest BCUT2D eigenvalue weighted by atomic mass is 9.77. The van der Waals surface area contributed by atoms with Gasteiger partial charge in [0.15, 0.2) is 5.78 Å². The van der Waals surface area contributed by atoms with Gasteiger partial charge in [-0.1, -0.05) is 27.7 Å². The summed E-state index contributed by atoms with van der Waals surface area (Å²) in [7, 11) is 0. The molecule has 2 N–H and O–H groups in total. The van der Waals surface area contributed by atoms with Crippen LogP contribution in [0.4, 0.5) is 0 Å². The van der Waals surface area contributed by atoms with E-state index in [-0.39, 0.29) is 11.6 Å². The van der Waals surface area contributed by atoms with E-state index >= 15 is 0 Å². The first-order valence-corrected chi connectivity index (χ1v) is 8.14. The van der Waals surface area contributed by atoms with Crippen LogP contribution in [0.2, 0.25) is 0 Å². The molecule has 0 aliphatic carbocycles. The van der Waals surface area contributed by atoms with Crippen molar-refractivity contribution in [2.45, 2.75) is 59.9 Å². The average molecular weight is 328 g/mol. The zero-order chi connectivity index (χ0) is 18.1. The maximum atomic E-state index is 12.6. The molecular weight excluding hydrogens is 300 g/mol. The van der Waals surface area contributed by atoms with E-state index in [4.69, 9.17) is 4.74 Å². The molecule has 132 valence electrons. The Bertz CT molecular complexity index is 472. The van der Waals surface area contributed by atoms with Gasteiger partial charge in [-0.3, -0.25) is 14.4 Å². The second kappa shape index (κ2) is 7.53. The van der Waals surface area contributed by atoms with Gasteiger partial charge in [0.1, 0.15) is 17.8 Å². The quantitative estimate of drug-likeness (QED) is 0.556. The summed E-state index contributed by atoms with van der Waals surface area (Å²) in [6, 6.07) is 0. The average Bonchev–Trinajstić information content (AvgIpc) is 2.52.